The summed E-state index contributed by atoms with van der Waals surface area (Å²) in [6, 6.07) is 10.8. The zero-order valence-corrected chi connectivity index (χ0v) is 14.8. The first-order valence-electron chi connectivity index (χ1n) is 7.55. The summed E-state index contributed by atoms with van der Waals surface area (Å²) in [5, 5.41) is 3.51. The number of hydrogen-bond acceptors (Lipinski definition) is 2. The van der Waals surface area contributed by atoms with Crippen LogP contribution in [0.3, 0.4) is 0 Å². The van der Waals surface area contributed by atoms with Crippen LogP contribution in [0.5, 0.6) is 5.75 Å². The van der Waals surface area contributed by atoms with Crippen LogP contribution in [0.2, 0.25) is 0 Å². The predicted octanol–water partition coefficient (Wildman–Crippen LogP) is 2.89. The Balaban J connectivity index is 0.00000161. The number of guanidine groups is 1. The van der Waals surface area contributed by atoms with Crippen molar-refractivity contribution in [1.82, 2.24) is 10.2 Å². The van der Waals surface area contributed by atoms with Gasteiger partial charge in [0.1, 0.15) is 11.9 Å². The maximum absolute atomic E-state index is 6.02. The molecule has 2 fully saturated rings. The Morgan fingerprint density at radius 2 is 1.81 bits per heavy atom. The minimum atomic E-state index is 0. The molecule has 1 aliphatic carbocycles. The molecule has 1 saturated heterocycles. The zero-order chi connectivity index (χ0) is 13.8. The number of benzene rings is 1. The van der Waals surface area contributed by atoms with Gasteiger partial charge in [0.05, 0.1) is 0 Å². The van der Waals surface area contributed by atoms with E-state index in [0.29, 0.717) is 12.1 Å². The minimum absolute atomic E-state index is 0. The molecule has 0 amide bonds. The summed E-state index contributed by atoms with van der Waals surface area (Å²) >= 11 is 0. The summed E-state index contributed by atoms with van der Waals surface area (Å²) in [7, 11) is 1.87. The Morgan fingerprint density at radius 3 is 2.38 bits per heavy atom. The molecule has 3 rings (SSSR count). The van der Waals surface area contributed by atoms with Gasteiger partial charge in [0, 0.05) is 39.0 Å². The number of piperidine rings is 1. The number of halogens is 1. The van der Waals surface area contributed by atoms with E-state index in [2.05, 4.69) is 15.2 Å². The summed E-state index contributed by atoms with van der Waals surface area (Å²) in [5.41, 5.74) is 0. The van der Waals surface area contributed by atoms with Gasteiger partial charge in [0.25, 0.3) is 0 Å². The van der Waals surface area contributed by atoms with Gasteiger partial charge in [0.15, 0.2) is 5.96 Å². The lowest BCUT2D eigenvalue weighted by atomic mass is 10.1. The Bertz CT molecular complexity index is 454. The third-order valence-electron chi connectivity index (χ3n) is 3.91. The molecule has 2 aliphatic rings. The van der Waals surface area contributed by atoms with Crippen LogP contribution < -0.4 is 10.1 Å². The van der Waals surface area contributed by atoms with Gasteiger partial charge in [-0.05, 0) is 25.0 Å². The standard InChI is InChI=1S/C16H23N3O.HI/c1-17-16(18-13-7-8-13)19-11-9-15(10-12-19)20-14-5-3-2-4-6-14;/h2-6,13,15H,7-12H2,1H3,(H,17,18);1H. The first-order chi connectivity index (χ1) is 9.85. The predicted molar refractivity (Wildman–Crippen MR) is 96.6 cm³/mol. The molecule has 0 spiro atoms. The van der Waals surface area contributed by atoms with E-state index in [0.717, 1.165) is 37.6 Å². The Kier molecular flexibility index (Phi) is 6.14. The Morgan fingerprint density at radius 1 is 1.14 bits per heavy atom. The summed E-state index contributed by atoms with van der Waals surface area (Å²) in [6.45, 7) is 2.04. The third-order valence-corrected chi connectivity index (χ3v) is 3.91. The number of rotatable bonds is 3. The Hall–Kier alpha value is -0.980. The first-order valence-corrected chi connectivity index (χ1v) is 7.55. The van der Waals surface area contributed by atoms with Crippen molar-refractivity contribution in [3.05, 3.63) is 30.3 Å². The molecule has 116 valence electrons. The van der Waals surface area contributed by atoms with Crippen molar-refractivity contribution in [3.63, 3.8) is 0 Å². The van der Waals surface area contributed by atoms with Crippen LogP contribution in [0.25, 0.3) is 0 Å². The summed E-state index contributed by atoms with van der Waals surface area (Å²) < 4.78 is 6.02. The third kappa shape index (κ3) is 4.76. The number of hydrogen-bond donors (Lipinski definition) is 1. The van der Waals surface area contributed by atoms with E-state index in [9.17, 15) is 0 Å². The van der Waals surface area contributed by atoms with Gasteiger partial charge in [-0.1, -0.05) is 18.2 Å². The molecular weight excluding hydrogens is 377 g/mol. The minimum Gasteiger partial charge on any atom is -0.490 e. The molecule has 1 N–H and O–H groups in total. The van der Waals surface area contributed by atoms with Crippen LogP contribution in [-0.2, 0) is 0 Å². The molecule has 4 nitrogen and oxygen atoms in total. The van der Waals surface area contributed by atoms with Crippen molar-refractivity contribution in [2.75, 3.05) is 20.1 Å². The maximum Gasteiger partial charge on any atom is 0.193 e. The fourth-order valence-corrected chi connectivity index (χ4v) is 2.58. The van der Waals surface area contributed by atoms with Gasteiger partial charge in [0.2, 0.25) is 0 Å². The number of aliphatic imine (C=N–C) groups is 1. The normalized spacial score (nSPS) is 19.9. The van der Waals surface area contributed by atoms with Gasteiger partial charge >= 0.3 is 0 Å². The molecule has 0 unspecified atom stereocenters. The van der Waals surface area contributed by atoms with Crippen LogP contribution in [0.15, 0.2) is 35.3 Å². The lowest BCUT2D eigenvalue weighted by Crippen LogP contribution is -2.48. The van der Waals surface area contributed by atoms with Gasteiger partial charge in [-0.3, -0.25) is 4.99 Å². The number of nitrogens with zero attached hydrogens (tertiary/aromatic N) is 2. The SMILES string of the molecule is CN=C(NC1CC1)N1CCC(Oc2ccccc2)CC1.I. The van der Waals surface area contributed by atoms with E-state index in [-0.39, 0.29) is 24.0 Å². The topological polar surface area (TPSA) is 36.9 Å². The van der Waals surface area contributed by atoms with E-state index >= 15 is 0 Å². The second kappa shape index (κ2) is 7.87. The van der Waals surface area contributed by atoms with E-state index in [4.69, 9.17) is 4.74 Å². The van der Waals surface area contributed by atoms with Crippen LogP contribution in [-0.4, -0.2) is 43.1 Å². The number of likely N-dealkylation sites (tertiary alicyclic amines) is 1. The van der Waals surface area contributed by atoms with E-state index in [1.54, 1.807) is 0 Å². The van der Waals surface area contributed by atoms with Crippen molar-refractivity contribution in [1.29, 1.82) is 0 Å². The van der Waals surface area contributed by atoms with E-state index in [1.165, 1.54) is 12.8 Å². The molecule has 0 radical (unpaired) electrons. The van der Waals surface area contributed by atoms with Crippen molar-refractivity contribution >= 4 is 29.9 Å². The van der Waals surface area contributed by atoms with Crippen molar-refractivity contribution < 1.29 is 4.74 Å². The smallest absolute Gasteiger partial charge is 0.193 e. The summed E-state index contributed by atoms with van der Waals surface area (Å²) in [5.74, 6) is 2.04. The number of para-hydroxylation sites is 1. The average molecular weight is 401 g/mol. The highest BCUT2D eigenvalue weighted by molar-refractivity contribution is 14.0. The highest BCUT2D eigenvalue weighted by atomic mass is 127. The molecule has 21 heavy (non-hydrogen) atoms. The highest BCUT2D eigenvalue weighted by Gasteiger charge is 2.27. The summed E-state index contributed by atoms with van der Waals surface area (Å²) in [4.78, 5) is 6.74. The molecule has 1 aromatic carbocycles. The highest BCUT2D eigenvalue weighted by Crippen LogP contribution is 2.21. The lowest BCUT2D eigenvalue weighted by molar-refractivity contribution is 0.129. The van der Waals surface area contributed by atoms with Gasteiger partial charge in [-0.2, -0.15) is 0 Å². The molecule has 5 heteroatoms. The molecule has 1 aliphatic heterocycles. The van der Waals surface area contributed by atoms with Gasteiger partial charge < -0.3 is 15.0 Å². The fraction of sp³-hybridized carbons (Fsp3) is 0.562. The largest absolute Gasteiger partial charge is 0.490 e. The molecule has 1 saturated carbocycles. The monoisotopic (exact) mass is 401 g/mol. The second-order valence-corrected chi connectivity index (χ2v) is 5.58. The first kappa shape index (κ1) is 16.4. The zero-order valence-electron chi connectivity index (χ0n) is 12.5. The second-order valence-electron chi connectivity index (χ2n) is 5.58. The summed E-state index contributed by atoms with van der Waals surface area (Å²) in [6.07, 6.45) is 5.01. The molecular formula is C16H24IN3O. The quantitative estimate of drug-likeness (QED) is 0.481. The van der Waals surface area contributed by atoms with E-state index < -0.39 is 0 Å². The lowest BCUT2D eigenvalue weighted by Gasteiger charge is -2.34. The van der Waals surface area contributed by atoms with Crippen molar-refractivity contribution in [3.8, 4) is 5.75 Å². The molecule has 1 aromatic rings. The van der Waals surface area contributed by atoms with Gasteiger partial charge in [-0.15, -0.1) is 24.0 Å². The number of nitrogens with one attached hydrogen (secondary N) is 1. The molecule has 0 bridgehead atoms. The van der Waals surface area contributed by atoms with E-state index in [1.807, 2.05) is 37.4 Å². The van der Waals surface area contributed by atoms with Crippen molar-refractivity contribution in [2.24, 2.45) is 4.99 Å². The maximum atomic E-state index is 6.02. The average Bonchev–Trinajstić information content (AvgIpc) is 3.31. The fourth-order valence-electron chi connectivity index (χ4n) is 2.58. The molecule has 0 atom stereocenters. The van der Waals surface area contributed by atoms with Crippen molar-refractivity contribution in [2.45, 2.75) is 37.8 Å². The molecule has 1 heterocycles. The van der Waals surface area contributed by atoms with Crippen LogP contribution in [0, 0.1) is 0 Å². The van der Waals surface area contributed by atoms with Crippen LogP contribution >= 0.6 is 24.0 Å². The number of ether oxygens (including phenoxy) is 1. The van der Waals surface area contributed by atoms with Crippen LogP contribution in [0.1, 0.15) is 25.7 Å². The van der Waals surface area contributed by atoms with Crippen LogP contribution in [0.4, 0.5) is 0 Å². The Labute approximate surface area is 144 Å². The molecule has 0 aromatic heterocycles. The van der Waals surface area contributed by atoms with Gasteiger partial charge in [-0.25, -0.2) is 0 Å².